The number of hydrogen-bond donors (Lipinski definition) is 0. The van der Waals surface area contributed by atoms with Crippen LogP contribution >= 0.6 is 0 Å². The molecule has 0 aromatic carbocycles. The van der Waals surface area contributed by atoms with Gasteiger partial charge in [-0.3, -0.25) is 9.80 Å². The van der Waals surface area contributed by atoms with Gasteiger partial charge in [-0.05, 0) is 57.7 Å². The van der Waals surface area contributed by atoms with Crippen LogP contribution in [0.25, 0.3) is 0 Å². The molecule has 2 nitrogen and oxygen atoms in total. The molecule has 2 fully saturated rings. The molecule has 0 amide bonds. The molecule has 1 aliphatic heterocycles. The first-order chi connectivity index (χ1) is 6.88. The van der Waals surface area contributed by atoms with Crippen LogP contribution in [0, 0.1) is 5.92 Å². The fourth-order valence-electron chi connectivity index (χ4n) is 2.41. The molecule has 2 aliphatic rings. The van der Waals surface area contributed by atoms with Gasteiger partial charge in [-0.15, -0.1) is 0 Å². The monoisotopic (exact) mass is 196 g/mol. The third kappa shape index (κ3) is 3.25. The second kappa shape index (κ2) is 5.13. The SMILES string of the molecule is CCCN(CC1CC1)CN1CCCC1. The van der Waals surface area contributed by atoms with Gasteiger partial charge in [0.25, 0.3) is 0 Å². The van der Waals surface area contributed by atoms with E-state index in [0.717, 1.165) is 5.92 Å². The van der Waals surface area contributed by atoms with Crippen LogP contribution in [-0.2, 0) is 0 Å². The summed E-state index contributed by atoms with van der Waals surface area (Å²) in [5.74, 6) is 1.05. The number of likely N-dealkylation sites (tertiary alicyclic amines) is 1. The molecule has 82 valence electrons. The van der Waals surface area contributed by atoms with Crippen LogP contribution in [0.5, 0.6) is 0 Å². The summed E-state index contributed by atoms with van der Waals surface area (Å²) in [5, 5.41) is 0. The quantitative estimate of drug-likeness (QED) is 0.642. The molecule has 1 heterocycles. The largest absolute Gasteiger partial charge is 0.290 e. The summed E-state index contributed by atoms with van der Waals surface area (Å²) in [6, 6.07) is 0. The van der Waals surface area contributed by atoms with Crippen molar-refractivity contribution in [3.05, 3.63) is 0 Å². The van der Waals surface area contributed by atoms with Crippen molar-refractivity contribution in [3.63, 3.8) is 0 Å². The molecule has 14 heavy (non-hydrogen) atoms. The topological polar surface area (TPSA) is 6.48 Å². The van der Waals surface area contributed by atoms with Gasteiger partial charge < -0.3 is 0 Å². The zero-order valence-corrected chi connectivity index (χ0v) is 9.54. The van der Waals surface area contributed by atoms with E-state index in [2.05, 4.69) is 16.7 Å². The van der Waals surface area contributed by atoms with Crippen LogP contribution in [0.3, 0.4) is 0 Å². The highest BCUT2D eigenvalue weighted by molar-refractivity contribution is 4.78. The van der Waals surface area contributed by atoms with Crippen molar-refractivity contribution in [1.82, 2.24) is 9.80 Å². The van der Waals surface area contributed by atoms with Crippen LogP contribution < -0.4 is 0 Å². The zero-order valence-electron chi connectivity index (χ0n) is 9.54. The highest BCUT2D eigenvalue weighted by Gasteiger charge is 2.25. The van der Waals surface area contributed by atoms with Gasteiger partial charge in [0, 0.05) is 6.54 Å². The van der Waals surface area contributed by atoms with Gasteiger partial charge in [0.1, 0.15) is 0 Å². The Morgan fingerprint density at radius 2 is 1.93 bits per heavy atom. The molecule has 0 aromatic heterocycles. The van der Waals surface area contributed by atoms with Crippen molar-refractivity contribution in [3.8, 4) is 0 Å². The van der Waals surface area contributed by atoms with Crippen LogP contribution in [0.4, 0.5) is 0 Å². The minimum atomic E-state index is 1.05. The van der Waals surface area contributed by atoms with E-state index in [-0.39, 0.29) is 0 Å². The molecular formula is C12H24N2. The minimum absolute atomic E-state index is 1.05. The number of rotatable bonds is 6. The fourth-order valence-corrected chi connectivity index (χ4v) is 2.41. The average molecular weight is 196 g/mol. The van der Waals surface area contributed by atoms with Crippen molar-refractivity contribution < 1.29 is 0 Å². The predicted octanol–water partition coefficient (Wildman–Crippen LogP) is 2.16. The van der Waals surface area contributed by atoms with Crippen molar-refractivity contribution in [2.75, 3.05) is 32.8 Å². The van der Waals surface area contributed by atoms with Gasteiger partial charge in [0.2, 0.25) is 0 Å². The summed E-state index contributed by atoms with van der Waals surface area (Å²) >= 11 is 0. The Balaban J connectivity index is 1.70. The highest BCUT2D eigenvalue weighted by Crippen LogP contribution is 2.29. The van der Waals surface area contributed by atoms with Crippen molar-refractivity contribution >= 4 is 0 Å². The fraction of sp³-hybridized carbons (Fsp3) is 1.00. The Kier molecular flexibility index (Phi) is 3.82. The molecule has 0 spiro atoms. The predicted molar refractivity (Wildman–Crippen MR) is 60.3 cm³/mol. The Hall–Kier alpha value is -0.0800. The third-order valence-corrected chi connectivity index (χ3v) is 3.35. The van der Waals surface area contributed by atoms with Crippen LogP contribution in [-0.4, -0.2) is 42.6 Å². The smallest absolute Gasteiger partial charge is 0.0506 e. The molecule has 0 atom stereocenters. The highest BCUT2D eigenvalue weighted by atomic mass is 15.3. The lowest BCUT2D eigenvalue weighted by molar-refractivity contribution is 0.148. The molecule has 1 aliphatic carbocycles. The summed E-state index contributed by atoms with van der Waals surface area (Å²) in [7, 11) is 0. The molecule has 0 aromatic rings. The summed E-state index contributed by atoms with van der Waals surface area (Å²) in [5.41, 5.74) is 0. The maximum atomic E-state index is 2.67. The standard InChI is InChI=1S/C12H24N2/c1-2-7-14(10-12-5-6-12)11-13-8-3-4-9-13/h12H,2-11H2,1H3. The second-order valence-electron chi connectivity index (χ2n) is 4.99. The van der Waals surface area contributed by atoms with Gasteiger partial charge >= 0.3 is 0 Å². The maximum Gasteiger partial charge on any atom is 0.0506 e. The molecule has 0 bridgehead atoms. The summed E-state index contributed by atoms with van der Waals surface area (Å²) in [6.07, 6.45) is 7.12. The number of nitrogens with zero attached hydrogens (tertiary/aromatic N) is 2. The average Bonchev–Trinajstić information content (AvgIpc) is 2.81. The summed E-state index contributed by atoms with van der Waals surface area (Å²) in [4.78, 5) is 5.29. The Morgan fingerprint density at radius 3 is 2.50 bits per heavy atom. The first-order valence-corrected chi connectivity index (χ1v) is 6.33. The summed E-state index contributed by atoms with van der Waals surface area (Å²) < 4.78 is 0. The van der Waals surface area contributed by atoms with E-state index in [0.29, 0.717) is 0 Å². The molecule has 0 unspecified atom stereocenters. The molecular weight excluding hydrogens is 172 g/mol. The van der Waals surface area contributed by atoms with Gasteiger partial charge in [-0.2, -0.15) is 0 Å². The molecule has 0 N–H and O–H groups in total. The van der Waals surface area contributed by atoms with E-state index >= 15 is 0 Å². The lowest BCUT2D eigenvalue weighted by Crippen LogP contribution is -2.38. The lowest BCUT2D eigenvalue weighted by atomic mass is 10.3. The zero-order chi connectivity index (χ0) is 9.80. The Labute approximate surface area is 88.3 Å². The lowest BCUT2D eigenvalue weighted by Gasteiger charge is -2.27. The van der Waals surface area contributed by atoms with Crippen LogP contribution in [0.2, 0.25) is 0 Å². The molecule has 0 radical (unpaired) electrons. The molecule has 2 rings (SSSR count). The van der Waals surface area contributed by atoms with Crippen molar-refractivity contribution in [1.29, 1.82) is 0 Å². The van der Waals surface area contributed by atoms with Gasteiger partial charge in [-0.1, -0.05) is 6.92 Å². The van der Waals surface area contributed by atoms with E-state index in [9.17, 15) is 0 Å². The van der Waals surface area contributed by atoms with E-state index < -0.39 is 0 Å². The van der Waals surface area contributed by atoms with Gasteiger partial charge in [-0.25, -0.2) is 0 Å². The van der Waals surface area contributed by atoms with Crippen LogP contribution in [0.15, 0.2) is 0 Å². The first kappa shape index (κ1) is 10.4. The van der Waals surface area contributed by atoms with Gasteiger partial charge in [0.05, 0.1) is 6.67 Å². The normalized spacial score (nSPS) is 23.6. The minimum Gasteiger partial charge on any atom is -0.290 e. The van der Waals surface area contributed by atoms with E-state index in [1.807, 2.05) is 0 Å². The Morgan fingerprint density at radius 1 is 1.21 bits per heavy atom. The molecule has 1 saturated carbocycles. The van der Waals surface area contributed by atoms with E-state index in [4.69, 9.17) is 0 Å². The van der Waals surface area contributed by atoms with Gasteiger partial charge in [0.15, 0.2) is 0 Å². The van der Waals surface area contributed by atoms with Crippen molar-refractivity contribution in [2.24, 2.45) is 5.92 Å². The number of hydrogen-bond acceptors (Lipinski definition) is 2. The molecule has 2 heteroatoms. The first-order valence-electron chi connectivity index (χ1n) is 6.33. The third-order valence-electron chi connectivity index (χ3n) is 3.35. The van der Waals surface area contributed by atoms with E-state index in [1.54, 1.807) is 0 Å². The second-order valence-corrected chi connectivity index (χ2v) is 4.99. The summed E-state index contributed by atoms with van der Waals surface area (Å²) in [6.45, 7) is 8.88. The molecule has 1 saturated heterocycles. The Bertz CT molecular complexity index is 160. The van der Waals surface area contributed by atoms with Crippen LogP contribution in [0.1, 0.15) is 39.0 Å². The van der Waals surface area contributed by atoms with E-state index in [1.165, 1.54) is 65.0 Å². The maximum absolute atomic E-state index is 2.67. The van der Waals surface area contributed by atoms with Crippen molar-refractivity contribution in [2.45, 2.75) is 39.0 Å².